The molecule has 6 nitrogen and oxygen atoms in total. The Kier molecular flexibility index (Phi) is 22.1. The highest BCUT2D eigenvalue weighted by molar-refractivity contribution is 8.00. The molecule has 1 heterocycles. The minimum absolute atomic E-state index is 0.0129. The highest BCUT2D eigenvalue weighted by Crippen LogP contribution is 2.36. The summed E-state index contributed by atoms with van der Waals surface area (Å²) in [5.74, 6) is 2.75. The summed E-state index contributed by atoms with van der Waals surface area (Å²) in [6.07, 6.45) is 21.4. The van der Waals surface area contributed by atoms with E-state index in [-0.39, 0.29) is 29.4 Å². The Morgan fingerprint density at radius 1 is 1.05 bits per heavy atom. The Hall–Kier alpha value is -1.89. The van der Waals surface area contributed by atoms with Crippen molar-refractivity contribution in [2.24, 2.45) is 11.8 Å². The van der Waals surface area contributed by atoms with Gasteiger partial charge in [-0.3, -0.25) is 19.3 Å². The predicted molar refractivity (Wildman–Crippen MR) is 156 cm³/mol. The van der Waals surface area contributed by atoms with Gasteiger partial charge in [0.25, 0.3) is 0 Å². The smallest absolute Gasteiger partial charge is 0.242 e. The van der Waals surface area contributed by atoms with Crippen LogP contribution in [-0.4, -0.2) is 53.5 Å². The maximum atomic E-state index is 12.1. The van der Waals surface area contributed by atoms with E-state index in [1.807, 2.05) is 39.7 Å². The maximum absolute atomic E-state index is 12.1. The second-order valence-corrected chi connectivity index (χ2v) is 11.1. The molecule has 3 fully saturated rings. The van der Waals surface area contributed by atoms with Crippen LogP contribution in [0.1, 0.15) is 104 Å². The number of nitrogens with one attached hydrogen (secondary N) is 1. The van der Waals surface area contributed by atoms with Crippen LogP contribution in [0.2, 0.25) is 0 Å². The number of likely N-dealkylation sites (tertiary alicyclic amines) is 1. The largest absolute Gasteiger partial charge is 0.356 e. The Labute approximate surface area is 230 Å². The molecule has 0 aromatic rings. The van der Waals surface area contributed by atoms with Crippen LogP contribution >= 0.6 is 11.8 Å². The summed E-state index contributed by atoms with van der Waals surface area (Å²) < 4.78 is 0. The average molecular weight is 537 g/mol. The van der Waals surface area contributed by atoms with Crippen molar-refractivity contribution in [3.8, 4) is 0 Å². The summed E-state index contributed by atoms with van der Waals surface area (Å²) in [6.45, 7) is 12.7. The van der Waals surface area contributed by atoms with Crippen molar-refractivity contribution in [1.29, 1.82) is 0 Å². The quantitative estimate of drug-likeness (QED) is 0.215. The number of carbonyl (C=O) groups is 4. The zero-order valence-corrected chi connectivity index (χ0v) is 24.5. The van der Waals surface area contributed by atoms with Crippen molar-refractivity contribution < 1.29 is 19.2 Å². The number of unbranched alkanes of at least 4 members (excludes halogenated alkanes) is 1. The van der Waals surface area contributed by atoms with Gasteiger partial charge in [-0.25, -0.2) is 0 Å². The highest BCUT2D eigenvalue weighted by atomic mass is 32.2. The van der Waals surface area contributed by atoms with Gasteiger partial charge < -0.3 is 10.1 Å². The van der Waals surface area contributed by atoms with Crippen LogP contribution in [0.15, 0.2) is 24.8 Å². The molecule has 37 heavy (non-hydrogen) atoms. The van der Waals surface area contributed by atoms with Gasteiger partial charge >= 0.3 is 0 Å². The third-order valence-corrected chi connectivity index (χ3v) is 8.13. The van der Waals surface area contributed by atoms with Crippen molar-refractivity contribution in [2.45, 2.75) is 109 Å². The van der Waals surface area contributed by atoms with E-state index in [0.29, 0.717) is 25.3 Å². The fraction of sp³-hybridized carbons (Fsp3) is 0.733. The first-order valence-corrected chi connectivity index (χ1v) is 15.3. The molecule has 0 aromatic carbocycles. The van der Waals surface area contributed by atoms with Gasteiger partial charge in [0.15, 0.2) is 0 Å². The van der Waals surface area contributed by atoms with Gasteiger partial charge in [-0.15, -0.1) is 11.8 Å². The van der Waals surface area contributed by atoms with E-state index in [2.05, 4.69) is 11.9 Å². The van der Waals surface area contributed by atoms with Crippen molar-refractivity contribution in [3.63, 3.8) is 0 Å². The molecule has 1 saturated heterocycles. The van der Waals surface area contributed by atoms with E-state index < -0.39 is 0 Å². The highest BCUT2D eigenvalue weighted by Gasteiger charge is 2.38. The first-order chi connectivity index (χ1) is 18.0. The summed E-state index contributed by atoms with van der Waals surface area (Å²) in [5, 5.41) is 2.51. The summed E-state index contributed by atoms with van der Waals surface area (Å²) in [6, 6.07) is 0. The normalized spacial score (nSPS) is 18.9. The van der Waals surface area contributed by atoms with Crippen LogP contribution in [0, 0.1) is 11.8 Å². The molecular formula is C30H52N2O4S. The minimum Gasteiger partial charge on any atom is -0.356 e. The molecule has 7 heteroatoms. The molecule has 3 amide bonds. The lowest BCUT2D eigenvalue weighted by Crippen LogP contribution is -2.32. The van der Waals surface area contributed by atoms with Crippen LogP contribution in [-0.2, 0) is 19.2 Å². The van der Waals surface area contributed by atoms with Crippen molar-refractivity contribution in [1.82, 2.24) is 10.2 Å². The summed E-state index contributed by atoms with van der Waals surface area (Å²) in [4.78, 5) is 44.6. The van der Waals surface area contributed by atoms with Gasteiger partial charge in [0.1, 0.15) is 6.79 Å². The lowest BCUT2D eigenvalue weighted by atomic mass is 9.76. The monoisotopic (exact) mass is 536 g/mol. The number of imide groups is 1. The van der Waals surface area contributed by atoms with Crippen LogP contribution in [0.4, 0.5) is 0 Å². The molecular weight excluding hydrogens is 484 g/mol. The average Bonchev–Trinajstić information content (AvgIpc) is 3.11. The number of carbonyl (C=O) groups excluding carboxylic acids is 4. The van der Waals surface area contributed by atoms with E-state index in [0.717, 1.165) is 31.1 Å². The van der Waals surface area contributed by atoms with E-state index in [4.69, 9.17) is 4.79 Å². The van der Waals surface area contributed by atoms with Gasteiger partial charge in [-0.1, -0.05) is 96.4 Å². The Morgan fingerprint density at radius 2 is 1.65 bits per heavy atom. The van der Waals surface area contributed by atoms with Gasteiger partial charge in [-0.2, -0.15) is 0 Å². The van der Waals surface area contributed by atoms with E-state index in [1.165, 1.54) is 29.5 Å². The number of rotatable bonds is 13. The molecule has 2 saturated carbocycles. The van der Waals surface area contributed by atoms with Crippen LogP contribution in [0.3, 0.4) is 0 Å². The second-order valence-electron chi connectivity index (χ2n) is 9.83. The molecule has 0 bridgehead atoms. The Morgan fingerprint density at radius 3 is 2.05 bits per heavy atom. The van der Waals surface area contributed by atoms with Gasteiger partial charge in [0.05, 0.1) is 5.25 Å². The summed E-state index contributed by atoms with van der Waals surface area (Å²) in [7, 11) is 0. The molecule has 3 rings (SSSR count). The van der Waals surface area contributed by atoms with Gasteiger partial charge in [0.2, 0.25) is 17.7 Å². The van der Waals surface area contributed by atoms with Crippen LogP contribution < -0.4 is 5.32 Å². The third kappa shape index (κ3) is 15.8. The second kappa shape index (κ2) is 23.2. The third-order valence-electron chi connectivity index (χ3n) is 6.92. The molecule has 212 valence electrons. The number of hydrogen-bond donors (Lipinski definition) is 1. The number of nitrogens with zero attached hydrogens (tertiary/aromatic N) is 1. The Bertz CT molecular complexity index is 660. The maximum Gasteiger partial charge on any atom is 0.242 e. The molecule has 1 atom stereocenters. The Balaban J connectivity index is 0.000000625. The van der Waals surface area contributed by atoms with Crippen LogP contribution in [0.5, 0.6) is 0 Å². The molecule has 3 aliphatic rings. The van der Waals surface area contributed by atoms with E-state index in [9.17, 15) is 14.4 Å². The molecule has 0 spiro atoms. The number of thioether (sulfide) groups is 1. The number of hydrogen-bond acceptors (Lipinski definition) is 5. The molecule has 0 radical (unpaired) electrons. The standard InChI is InChI=1S/C14H24N2O3S.C10H18.C5H8.CH2O/c1-3-5-8-16-13(18)10-11(14(16)19)20-9-6-12(17)15-7-4-2;1-3-9(4-1)7-8-10-5-2-6-10;1-3-5-4-2;1-2/h11H,3-10H2,1-2H3,(H,15,17);9-10H,1-8H2;3-5H,1H2,2H3;1H2/b;;5-4-;. The summed E-state index contributed by atoms with van der Waals surface area (Å²) >= 11 is 1.42. The fourth-order valence-corrected chi connectivity index (χ4v) is 5.27. The van der Waals surface area contributed by atoms with Crippen LogP contribution in [0.25, 0.3) is 0 Å². The fourth-order valence-electron chi connectivity index (χ4n) is 4.15. The molecule has 0 aromatic heterocycles. The minimum atomic E-state index is -0.293. The zero-order valence-electron chi connectivity index (χ0n) is 23.7. The van der Waals surface area contributed by atoms with E-state index >= 15 is 0 Å². The summed E-state index contributed by atoms with van der Waals surface area (Å²) in [5.41, 5.74) is 0. The zero-order chi connectivity index (χ0) is 27.9. The van der Waals surface area contributed by atoms with Crippen molar-refractivity contribution >= 4 is 36.3 Å². The number of amides is 3. The topological polar surface area (TPSA) is 83.6 Å². The predicted octanol–water partition coefficient (Wildman–Crippen LogP) is 6.49. The van der Waals surface area contributed by atoms with Crippen molar-refractivity contribution in [3.05, 3.63) is 24.8 Å². The first kappa shape index (κ1) is 35.1. The van der Waals surface area contributed by atoms with Gasteiger partial charge in [0, 0.05) is 31.7 Å². The van der Waals surface area contributed by atoms with E-state index in [1.54, 1.807) is 44.6 Å². The SMILES string of the molecule is C1CC(CCC2CCC2)C1.C=C/C=C\C.C=O.CCCCN1C(=O)CC(SCCC(=O)NCCC)C1=O. The molecule has 1 unspecified atom stereocenters. The molecule has 1 N–H and O–H groups in total. The number of allylic oxidation sites excluding steroid dienone is 3. The lowest BCUT2D eigenvalue weighted by Gasteiger charge is -2.30. The lowest BCUT2D eigenvalue weighted by molar-refractivity contribution is -0.138. The molecule has 1 aliphatic heterocycles. The van der Waals surface area contributed by atoms with Gasteiger partial charge in [-0.05, 0) is 31.6 Å². The van der Waals surface area contributed by atoms with Crippen molar-refractivity contribution in [2.75, 3.05) is 18.8 Å². The molecule has 2 aliphatic carbocycles. The first-order valence-electron chi connectivity index (χ1n) is 14.2.